The number of carboxylic acids is 1. The Morgan fingerprint density at radius 3 is 2.52 bits per heavy atom. The van der Waals surface area contributed by atoms with Crippen LogP contribution in [0.4, 0.5) is 13.2 Å². The molecule has 2 heterocycles. The third kappa shape index (κ3) is 2.47. The number of carbonyl (C=O) groups excluding carboxylic acids is 1. The predicted molar refractivity (Wildman–Crippen MR) is 64.3 cm³/mol. The lowest BCUT2D eigenvalue weighted by molar-refractivity contribution is -0.227. The summed E-state index contributed by atoms with van der Waals surface area (Å²) in [5, 5.41) is 12.8. The highest BCUT2D eigenvalue weighted by Gasteiger charge is 2.64. The van der Waals surface area contributed by atoms with Gasteiger partial charge in [-0.2, -0.15) is 18.3 Å². The zero-order valence-electron chi connectivity index (χ0n) is 11.2. The SMILES string of the molecule is C[C@@H](C(=O)N1CC[C@](C(=O)O)(C(F)(F)F)C1)n1cccn1. The molecule has 1 aliphatic heterocycles. The number of halogens is 3. The standard InChI is InChI=1S/C12H14F3N3O3/c1-8(18-5-2-4-16-18)9(19)17-6-3-11(7-17,10(20)21)12(13,14)15/h2,4-5,8H,3,6-7H2,1H3,(H,20,21)/t8-,11-/m0/s1. The van der Waals surface area contributed by atoms with E-state index in [0.717, 1.165) is 4.90 Å². The number of amides is 1. The average molecular weight is 305 g/mol. The number of aliphatic carboxylic acids is 1. The molecule has 1 amide bonds. The number of carboxylic acid groups (broad SMARTS) is 1. The van der Waals surface area contributed by atoms with Crippen molar-refractivity contribution >= 4 is 11.9 Å². The van der Waals surface area contributed by atoms with E-state index in [-0.39, 0.29) is 6.54 Å². The summed E-state index contributed by atoms with van der Waals surface area (Å²) in [5.74, 6) is -2.52. The van der Waals surface area contributed by atoms with E-state index in [1.54, 1.807) is 6.07 Å². The smallest absolute Gasteiger partial charge is 0.406 e. The molecule has 0 aliphatic carbocycles. The first-order chi connectivity index (χ1) is 9.69. The van der Waals surface area contributed by atoms with Crippen molar-refractivity contribution < 1.29 is 27.9 Å². The summed E-state index contributed by atoms with van der Waals surface area (Å²) in [5.41, 5.74) is -2.88. The molecule has 1 aromatic rings. The monoisotopic (exact) mass is 305 g/mol. The topological polar surface area (TPSA) is 75.4 Å². The van der Waals surface area contributed by atoms with Crippen molar-refractivity contribution in [3.63, 3.8) is 0 Å². The number of aromatic nitrogens is 2. The average Bonchev–Trinajstić information content (AvgIpc) is 3.05. The summed E-state index contributed by atoms with van der Waals surface area (Å²) < 4.78 is 40.4. The number of hydrogen-bond donors (Lipinski definition) is 1. The molecule has 2 atom stereocenters. The molecule has 2 rings (SSSR count). The van der Waals surface area contributed by atoms with Gasteiger partial charge in [0, 0.05) is 25.5 Å². The van der Waals surface area contributed by atoms with Crippen molar-refractivity contribution in [2.45, 2.75) is 25.6 Å². The van der Waals surface area contributed by atoms with E-state index < -0.39 is 42.5 Å². The molecule has 1 fully saturated rings. The van der Waals surface area contributed by atoms with E-state index in [0.29, 0.717) is 0 Å². The quantitative estimate of drug-likeness (QED) is 0.913. The molecule has 0 radical (unpaired) electrons. The molecule has 0 aromatic carbocycles. The molecule has 116 valence electrons. The highest BCUT2D eigenvalue weighted by molar-refractivity contribution is 5.83. The van der Waals surface area contributed by atoms with Gasteiger partial charge in [0.05, 0.1) is 0 Å². The minimum atomic E-state index is -4.90. The van der Waals surface area contributed by atoms with Crippen molar-refractivity contribution in [3.05, 3.63) is 18.5 Å². The van der Waals surface area contributed by atoms with Gasteiger partial charge in [-0.3, -0.25) is 14.3 Å². The number of hydrogen-bond acceptors (Lipinski definition) is 3. The zero-order chi connectivity index (χ0) is 15.8. The van der Waals surface area contributed by atoms with E-state index in [1.165, 1.54) is 24.0 Å². The molecule has 9 heteroatoms. The highest BCUT2D eigenvalue weighted by Crippen LogP contribution is 2.46. The Morgan fingerprint density at radius 1 is 1.43 bits per heavy atom. The van der Waals surface area contributed by atoms with Crippen molar-refractivity contribution in [1.29, 1.82) is 0 Å². The molecule has 0 unspecified atom stereocenters. The first-order valence-corrected chi connectivity index (χ1v) is 6.27. The number of likely N-dealkylation sites (tertiary alicyclic amines) is 1. The maximum atomic E-state index is 13.0. The molecule has 0 bridgehead atoms. The van der Waals surface area contributed by atoms with Crippen molar-refractivity contribution in [2.24, 2.45) is 5.41 Å². The van der Waals surface area contributed by atoms with Gasteiger partial charge in [0.2, 0.25) is 5.91 Å². The van der Waals surface area contributed by atoms with Crippen LogP contribution in [0.5, 0.6) is 0 Å². The second-order valence-corrected chi connectivity index (χ2v) is 5.06. The lowest BCUT2D eigenvalue weighted by Crippen LogP contribution is -2.48. The van der Waals surface area contributed by atoms with Gasteiger partial charge in [-0.1, -0.05) is 0 Å². The predicted octanol–water partition coefficient (Wildman–Crippen LogP) is 1.31. The van der Waals surface area contributed by atoms with E-state index in [1.807, 2.05) is 0 Å². The minimum absolute atomic E-state index is 0.240. The Morgan fingerprint density at radius 2 is 2.10 bits per heavy atom. The molecule has 21 heavy (non-hydrogen) atoms. The Balaban J connectivity index is 2.18. The van der Waals surface area contributed by atoms with Crippen molar-refractivity contribution in [3.8, 4) is 0 Å². The van der Waals surface area contributed by atoms with Crippen LogP contribution in [0.1, 0.15) is 19.4 Å². The van der Waals surface area contributed by atoms with E-state index in [2.05, 4.69) is 5.10 Å². The summed E-state index contributed by atoms with van der Waals surface area (Å²) in [4.78, 5) is 24.2. The van der Waals surface area contributed by atoms with Crippen LogP contribution in [0.25, 0.3) is 0 Å². The van der Waals surface area contributed by atoms with Gasteiger partial charge < -0.3 is 10.0 Å². The second-order valence-electron chi connectivity index (χ2n) is 5.06. The molecule has 6 nitrogen and oxygen atoms in total. The molecular formula is C12H14F3N3O3. The van der Waals surface area contributed by atoms with Crippen molar-refractivity contribution in [1.82, 2.24) is 14.7 Å². The van der Waals surface area contributed by atoms with Crippen LogP contribution in [-0.4, -0.2) is 50.9 Å². The summed E-state index contributed by atoms with van der Waals surface area (Å²) in [6.07, 6.45) is -2.57. The van der Waals surface area contributed by atoms with Crippen molar-refractivity contribution in [2.75, 3.05) is 13.1 Å². The zero-order valence-corrected chi connectivity index (χ0v) is 11.2. The number of carbonyl (C=O) groups is 2. The largest absolute Gasteiger partial charge is 0.481 e. The maximum absolute atomic E-state index is 13.0. The molecule has 0 saturated carbocycles. The lowest BCUT2D eigenvalue weighted by atomic mass is 9.86. The minimum Gasteiger partial charge on any atom is -0.481 e. The van der Waals surface area contributed by atoms with Gasteiger partial charge in [0.25, 0.3) is 0 Å². The molecule has 0 spiro atoms. The fourth-order valence-corrected chi connectivity index (χ4v) is 2.41. The van der Waals surface area contributed by atoms with Crippen LogP contribution in [-0.2, 0) is 9.59 Å². The first-order valence-electron chi connectivity index (χ1n) is 6.27. The van der Waals surface area contributed by atoms with Gasteiger partial charge in [-0.15, -0.1) is 0 Å². The molecule has 1 N–H and O–H groups in total. The van der Waals surface area contributed by atoms with Crippen LogP contribution >= 0.6 is 0 Å². The summed E-state index contributed by atoms with van der Waals surface area (Å²) in [6, 6.07) is 0.809. The highest BCUT2D eigenvalue weighted by atomic mass is 19.4. The second kappa shape index (κ2) is 5.05. The third-order valence-corrected chi connectivity index (χ3v) is 3.81. The van der Waals surface area contributed by atoms with Crippen LogP contribution < -0.4 is 0 Å². The van der Waals surface area contributed by atoms with E-state index in [4.69, 9.17) is 5.11 Å². The summed E-state index contributed by atoms with van der Waals surface area (Å²) >= 11 is 0. The Kier molecular flexibility index (Phi) is 3.68. The fourth-order valence-electron chi connectivity index (χ4n) is 2.41. The Bertz CT molecular complexity index is 544. The summed E-state index contributed by atoms with van der Waals surface area (Å²) in [7, 11) is 0. The van der Waals surface area contributed by atoms with Gasteiger partial charge in [-0.05, 0) is 19.4 Å². The van der Waals surface area contributed by atoms with Crippen LogP contribution in [0.3, 0.4) is 0 Å². The van der Waals surface area contributed by atoms with Crippen LogP contribution in [0.2, 0.25) is 0 Å². The van der Waals surface area contributed by atoms with E-state index >= 15 is 0 Å². The third-order valence-electron chi connectivity index (χ3n) is 3.81. The van der Waals surface area contributed by atoms with Crippen LogP contribution in [0.15, 0.2) is 18.5 Å². The first kappa shape index (κ1) is 15.3. The van der Waals surface area contributed by atoms with Gasteiger partial charge in [-0.25, -0.2) is 0 Å². The Hall–Kier alpha value is -2.06. The van der Waals surface area contributed by atoms with Gasteiger partial charge >= 0.3 is 12.1 Å². The number of alkyl halides is 3. The van der Waals surface area contributed by atoms with Gasteiger partial charge in [0.15, 0.2) is 5.41 Å². The molecule has 1 saturated heterocycles. The Labute approximate surface area is 118 Å². The molecule has 1 aliphatic rings. The van der Waals surface area contributed by atoms with Crippen LogP contribution in [0, 0.1) is 5.41 Å². The maximum Gasteiger partial charge on any atom is 0.406 e. The normalized spacial score (nSPS) is 24.1. The fraction of sp³-hybridized carbons (Fsp3) is 0.583. The van der Waals surface area contributed by atoms with Gasteiger partial charge in [0.1, 0.15) is 6.04 Å². The molecule has 1 aromatic heterocycles. The molecular weight excluding hydrogens is 291 g/mol. The number of rotatable bonds is 3. The lowest BCUT2D eigenvalue weighted by Gasteiger charge is -2.28. The summed E-state index contributed by atoms with van der Waals surface area (Å²) in [6.45, 7) is 0.399. The number of nitrogens with zero attached hydrogens (tertiary/aromatic N) is 3. The van der Waals surface area contributed by atoms with E-state index in [9.17, 15) is 22.8 Å².